The Balaban J connectivity index is 3.81. The molecule has 1 atom stereocenters. The van der Waals surface area contributed by atoms with Crippen LogP contribution in [0.1, 0.15) is 60.8 Å². The fourth-order valence-corrected chi connectivity index (χ4v) is 4.10. The third-order valence-corrected chi connectivity index (χ3v) is 6.45. The zero-order chi connectivity index (χ0) is 17.2. The highest BCUT2D eigenvalue weighted by atomic mass is 32.2. The van der Waals surface area contributed by atoms with E-state index in [1.807, 2.05) is 39.5 Å². The minimum Gasteiger partial charge on any atom is -0.212 e. The molecule has 0 rings (SSSR count). The van der Waals surface area contributed by atoms with Crippen molar-refractivity contribution < 1.29 is 8.42 Å². The maximum absolute atomic E-state index is 12.0. The van der Waals surface area contributed by atoms with Crippen LogP contribution < -0.4 is 4.72 Å². The Morgan fingerprint density at radius 3 is 2.23 bits per heavy atom. The van der Waals surface area contributed by atoms with Gasteiger partial charge in [0.1, 0.15) is 0 Å². The van der Waals surface area contributed by atoms with E-state index in [1.54, 1.807) is 0 Å². The molecule has 0 aromatic heterocycles. The Morgan fingerprint density at radius 1 is 1.09 bits per heavy atom. The number of hydrogen-bond acceptors (Lipinski definition) is 3. The Labute approximate surface area is 142 Å². The van der Waals surface area contributed by atoms with Crippen LogP contribution in [0.5, 0.6) is 0 Å². The zero-order valence-electron chi connectivity index (χ0n) is 15.2. The van der Waals surface area contributed by atoms with E-state index in [2.05, 4.69) is 30.7 Å². The van der Waals surface area contributed by atoms with Gasteiger partial charge in [0.05, 0.1) is 5.75 Å². The van der Waals surface area contributed by atoms with Gasteiger partial charge in [-0.2, -0.15) is 11.8 Å². The van der Waals surface area contributed by atoms with Gasteiger partial charge in [-0.05, 0) is 49.0 Å². The van der Waals surface area contributed by atoms with E-state index in [0.29, 0.717) is 6.42 Å². The summed E-state index contributed by atoms with van der Waals surface area (Å²) in [7, 11) is -3.16. The molecule has 0 aliphatic heterocycles. The maximum atomic E-state index is 12.0. The summed E-state index contributed by atoms with van der Waals surface area (Å²) in [6, 6.07) is -0.0500. The number of nitrogens with one attached hydrogen (secondary N) is 1. The zero-order valence-corrected chi connectivity index (χ0v) is 16.8. The molecule has 0 bridgehead atoms. The first-order valence-corrected chi connectivity index (χ1v) is 11.1. The van der Waals surface area contributed by atoms with Crippen molar-refractivity contribution in [2.75, 3.05) is 17.3 Å². The average molecular weight is 350 g/mol. The first-order valence-electron chi connectivity index (χ1n) is 8.27. The molecule has 0 aliphatic rings. The second-order valence-corrected chi connectivity index (χ2v) is 10.4. The molecular weight excluding hydrogens is 314 g/mol. The molecular formula is C17H35NO2S2. The first-order chi connectivity index (χ1) is 10.0. The predicted molar refractivity (Wildman–Crippen MR) is 101 cm³/mol. The summed E-state index contributed by atoms with van der Waals surface area (Å²) in [4.78, 5) is 0. The monoisotopic (exact) mass is 349 g/mol. The minimum absolute atomic E-state index is 0.0500. The highest BCUT2D eigenvalue weighted by Crippen LogP contribution is 2.19. The van der Waals surface area contributed by atoms with Gasteiger partial charge >= 0.3 is 0 Å². The highest BCUT2D eigenvalue weighted by Gasteiger charge is 2.24. The molecule has 0 unspecified atom stereocenters. The van der Waals surface area contributed by atoms with Crippen LogP contribution in [0.25, 0.3) is 0 Å². The SMILES string of the molecule is CC(C)CSCC/C=C/CCCS(=O)(=O)N[C@H](C)C(C)(C)C. The van der Waals surface area contributed by atoms with Gasteiger partial charge in [-0.15, -0.1) is 0 Å². The number of unbranched alkanes of at least 4 members (excludes halogenated alkanes) is 1. The molecule has 5 heteroatoms. The van der Waals surface area contributed by atoms with Crippen LogP contribution in [-0.2, 0) is 10.0 Å². The number of thioether (sulfide) groups is 1. The third-order valence-electron chi connectivity index (χ3n) is 3.49. The molecule has 0 spiro atoms. The van der Waals surface area contributed by atoms with Crippen molar-refractivity contribution >= 4 is 21.8 Å². The van der Waals surface area contributed by atoms with E-state index >= 15 is 0 Å². The molecule has 0 amide bonds. The molecule has 0 aromatic carbocycles. The second kappa shape index (κ2) is 10.7. The Morgan fingerprint density at radius 2 is 1.68 bits per heavy atom. The number of allylic oxidation sites excluding steroid dienone is 2. The summed E-state index contributed by atoms with van der Waals surface area (Å²) in [5.41, 5.74) is -0.0549. The van der Waals surface area contributed by atoms with Crippen molar-refractivity contribution in [3.05, 3.63) is 12.2 Å². The number of rotatable bonds is 11. The van der Waals surface area contributed by atoms with Crippen molar-refractivity contribution in [1.82, 2.24) is 4.72 Å². The predicted octanol–water partition coefficient (Wildman–Crippen LogP) is 4.46. The standard InChI is InChI=1S/C17H35NO2S2/c1-15(2)14-21-12-10-8-7-9-11-13-22(19,20)18-16(3)17(4,5)6/h7-8,15-16,18H,9-14H2,1-6H3/b8-7+/t16-/m1/s1. The summed E-state index contributed by atoms with van der Waals surface area (Å²) >= 11 is 1.98. The lowest BCUT2D eigenvalue weighted by Gasteiger charge is -2.27. The van der Waals surface area contributed by atoms with Crippen LogP contribution in [0, 0.1) is 11.3 Å². The Kier molecular flexibility index (Phi) is 10.7. The molecule has 132 valence electrons. The second-order valence-electron chi connectivity index (χ2n) is 7.40. The van der Waals surface area contributed by atoms with Crippen molar-refractivity contribution in [3.63, 3.8) is 0 Å². The first kappa shape index (κ1) is 22.0. The minimum atomic E-state index is -3.16. The fourth-order valence-electron chi connectivity index (χ4n) is 1.60. The van der Waals surface area contributed by atoms with Crippen LogP contribution in [-0.4, -0.2) is 31.7 Å². The molecule has 0 fully saturated rings. The lowest BCUT2D eigenvalue weighted by atomic mass is 9.89. The van der Waals surface area contributed by atoms with Crippen LogP contribution in [0.15, 0.2) is 12.2 Å². The molecule has 3 nitrogen and oxygen atoms in total. The average Bonchev–Trinajstić information content (AvgIpc) is 2.34. The largest absolute Gasteiger partial charge is 0.212 e. The van der Waals surface area contributed by atoms with Gasteiger partial charge in [0.2, 0.25) is 10.0 Å². The topological polar surface area (TPSA) is 46.2 Å². The molecule has 0 saturated carbocycles. The van der Waals surface area contributed by atoms with Gasteiger partial charge in [-0.3, -0.25) is 0 Å². The van der Waals surface area contributed by atoms with Gasteiger partial charge in [0, 0.05) is 6.04 Å². The molecule has 0 aliphatic carbocycles. The summed E-state index contributed by atoms with van der Waals surface area (Å²) in [6.45, 7) is 12.5. The normalized spacial score (nSPS) is 14.9. The molecule has 0 aromatic rings. The van der Waals surface area contributed by atoms with E-state index in [9.17, 15) is 8.42 Å². The summed E-state index contributed by atoms with van der Waals surface area (Å²) in [6.07, 6.45) is 6.87. The van der Waals surface area contributed by atoms with E-state index < -0.39 is 10.0 Å². The van der Waals surface area contributed by atoms with Crippen LogP contribution in [0.2, 0.25) is 0 Å². The van der Waals surface area contributed by atoms with Crippen LogP contribution in [0.4, 0.5) is 0 Å². The van der Waals surface area contributed by atoms with E-state index in [-0.39, 0.29) is 17.2 Å². The molecule has 0 saturated heterocycles. The Hall–Kier alpha value is -0.0000000000000000763. The van der Waals surface area contributed by atoms with Gasteiger partial charge < -0.3 is 0 Å². The maximum Gasteiger partial charge on any atom is 0.211 e. The molecule has 0 radical (unpaired) electrons. The van der Waals surface area contributed by atoms with Crippen molar-refractivity contribution in [2.24, 2.45) is 11.3 Å². The summed E-state index contributed by atoms with van der Waals surface area (Å²) < 4.78 is 26.7. The molecule has 0 heterocycles. The van der Waals surface area contributed by atoms with E-state index in [1.165, 1.54) is 5.75 Å². The summed E-state index contributed by atoms with van der Waals surface area (Å²) in [5.74, 6) is 3.32. The lowest BCUT2D eigenvalue weighted by molar-refractivity contribution is 0.317. The molecule has 22 heavy (non-hydrogen) atoms. The smallest absolute Gasteiger partial charge is 0.211 e. The Bertz CT molecular complexity index is 409. The van der Waals surface area contributed by atoms with Gasteiger partial charge in [0.25, 0.3) is 0 Å². The van der Waals surface area contributed by atoms with E-state index in [4.69, 9.17) is 0 Å². The van der Waals surface area contributed by atoms with Crippen molar-refractivity contribution in [1.29, 1.82) is 0 Å². The van der Waals surface area contributed by atoms with Crippen molar-refractivity contribution in [3.8, 4) is 0 Å². The van der Waals surface area contributed by atoms with Crippen LogP contribution in [0.3, 0.4) is 0 Å². The molecule has 1 N–H and O–H groups in total. The fraction of sp³-hybridized carbons (Fsp3) is 0.882. The number of hydrogen-bond donors (Lipinski definition) is 1. The van der Waals surface area contributed by atoms with Gasteiger partial charge in [0.15, 0.2) is 0 Å². The number of sulfonamides is 1. The van der Waals surface area contributed by atoms with Crippen LogP contribution >= 0.6 is 11.8 Å². The van der Waals surface area contributed by atoms with Gasteiger partial charge in [-0.1, -0.05) is 46.8 Å². The van der Waals surface area contributed by atoms with E-state index in [0.717, 1.165) is 24.5 Å². The summed E-state index contributed by atoms with van der Waals surface area (Å²) in [5, 5.41) is 0. The quantitative estimate of drug-likeness (QED) is 0.442. The van der Waals surface area contributed by atoms with Crippen molar-refractivity contribution in [2.45, 2.75) is 66.8 Å². The lowest BCUT2D eigenvalue weighted by Crippen LogP contribution is -2.42. The van der Waals surface area contributed by atoms with Gasteiger partial charge in [-0.25, -0.2) is 13.1 Å². The highest BCUT2D eigenvalue weighted by molar-refractivity contribution is 7.99. The third kappa shape index (κ3) is 12.5.